The van der Waals surface area contributed by atoms with E-state index in [1.165, 1.54) is 0 Å². The van der Waals surface area contributed by atoms with Crippen molar-refractivity contribution in [2.24, 2.45) is 0 Å². The quantitative estimate of drug-likeness (QED) is 0.134. The molecule has 0 radical (unpaired) electrons. The van der Waals surface area contributed by atoms with Crippen LogP contribution in [0.4, 0.5) is 21.0 Å². The Labute approximate surface area is 359 Å². The van der Waals surface area contributed by atoms with Gasteiger partial charge in [-0.3, -0.25) is 15.4 Å². The van der Waals surface area contributed by atoms with Gasteiger partial charge in [-0.05, 0) is 115 Å². The predicted octanol–water partition coefficient (Wildman–Crippen LogP) is 11.7. The van der Waals surface area contributed by atoms with Crippen molar-refractivity contribution in [3.8, 4) is 22.3 Å². The molecule has 0 aromatic heterocycles. The number of aliphatic carboxylic acids is 1. The summed E-state index contributed by atoms with van der Waals surface area (Å²) in [6.45, 7) is 2.39. The highest BCUT2D eigenvalue weighted by atomic mass is 16.6. The molecule has 3 N–H and O–H groups in total. The van der Waals surface area contributed by atoms with Gasteiger partial charge in [0.05, 0.1) is 0 Å². The molecule has 5 aliphatic rings. The molecule has 62 heavy (non-hydrogen) atoms. The second-order valence-electron chi connectivity index (χ2n) is 16.8. The van der Waals surface area contributed by atoms with Gasteiger partial charge >= 0.3 is 18.2 Å². The van der Waals surface area contributed by atoms with Gasteiger partial charge in [-0.15, -0.1) is 0 Å². The van der Waals surface area contributed by atoms with Gasteiger partial charge in [0.2, 0.25) is 0 Å². The van der Waals surface area contributed by atoms with Gasteiger partial charge in [0.1, 0.15) is 13.2 Å². The lowest BCUT2D eigenvalue weighted by molar-refractivity contribution is -0.137. The zero-order chi connectivity index (χ0) is 42.1. The summed E-state index contributed by atoms with van der Waals surface area (Å²) in [7, 11) is 0. The lowest BCUT2D eigenvalue weighted by Gasteiger charge is -2.51. The van der Waals surface area contributed by atoms with Crippen LogP contribution in [0.25, 0.3) is 22.3 Å². The van der Waals surface area contributed by atoms with Crippen molar-refractivity contribution in [3.63, 3.8) is 0 Å². The van der Waals surface area contributed by atoms with Crippen molar-refractivity contribution in [3.05, 3.63) is 213 Å². The van der Waals surface area contributed by atoms with Gasteiger partial charge in [0, 0.05) is 41.0 Å². The number of benzene rings is 7. The molecule has 12 rings (SSSR count). The van der Waals surface area contributed by atoms with Crippen LogP contribution >= 0.6 is 0 Å². The van der Waals surface area contributed by atoms with E-state index in [0.29, 0.717) is 11.4 Å². The molecule has 0 atom stereocenters. The molecule has 5 aliphatic carbocycles. The Bertz CT molecular complexity index is 2750. The van der Waals surface area contributed by atoms with E-state index in [-0.39, 0.29) is 43.8 Å². The smallest absolute Gasteiger partial charge is 0.411 e. The second kappa shape index (κ2) is 14.6. The van der Waals surface area contributed by atoms with Crippen molar-refractivity contribution in [2.75, 3.05) is 23.8 Å². The second-order valence-corrected chi connectivity index (χ2v) is 16.8. The molecule has 8 nitrogen and oxygen atoms in total. The van der Waals surface area contributed by atoms with Gasteiger partial charge in [0.25, 0.3) is 0 Å². The van der Waals surface area contributed by atoms with Crippen LogP contribution in [0.2, 0.25) is 0 Å². The molecule has 0 saturated heterocycles. The number of fused-ring (bicyclic) bond motifs is 6. The highest BCUT2D eigenvalue weighted by molar-refractivity contribution is 5.88. The van der Waals surface area contributed by atoms with Crippen LogP contribution in [-0.2, 0) is 19.7 Å². The van der Waals surface area contributed by atoms with Crippen molar-refractivity contribution in [2.45, 2.75) is 42.9 Å². The molecule has 8 heteroatoms. The molecule has 2 amide bonds. The fourth-order valence-electron chi connectivity index (χ4n) is 10.9. The van der Waals surface area contributed by atoms with E-state index in [4.69, 9.17) is 9.47 Å². The summed E-state index contributed by atoms with van der Waals surface area (Å²) >= 11 is 0. The first-order valence-electron chi connectivity index (χ1n) is 21.1. The van der Waals surface area contributed by atoms with E-state index in [1.54, 1.807) is 0 Å². The molecule has 0 aliphatic heterocycles. The first kappa shape index (κ1) is 37.5. The van der Waals surface area contributed by atoms with Crippen LogP contribution in [0.15, 0.2) is 152 Å². The average Bonchev–Trinajstić information content (AvgIpc) is 3.79. The van der Waals surface area contributed by atoms with E-state index in [2.05, 4.69) is 77.4 Å². The fraction of sp³-hybridized carbons (Fsp3) is 0.167. The van der Waals surface area contributed by atoms with Crippen molar-refractivity contribution < 1.29 is 29.0 Å². The number of carboxylic acids is 1. The summed E-state index contributed by atoms with van der Waals surface area (Å²) in [5.41, 5.74) is 16.5. The molecule has 0 saturated carbocycles. The van der Waals surface area contributed by atoms with Gasteiger partial charge < -0.3 is 14.6 Å². The third kappa shape index (κ3) is 5.92. The summed E-state index contributed by atoms with van der Waals surface area (Å²) in [4.78, 5) is 39.7. The van der Waals surface area contributed by atoms with E-state index in [0.717, 1.165) is 83.5 Å². The minimum absolute atomic E-state index is 0.0841. The predicted molar refractivity (Wildman–Crippen MR) is 239 cm³/mol. The average molecular weight is 815 g/mol. The molecule has 0 unspecified atom stereocenters. The Morgan fingerprint density at radius 1 is 0.516 bits per heavy atom. The van der Waals surface area contributed by atoms with Crippen LogP contribution in [0.5, 0.6) is 0 Å². The Balaban J connectivity index is 0.896. The van der Waals surface area contributed by atoms with Crippen LogP contribution in [0, 0.1) is 6.92 Å². The number of hydrogen-bond donors (Lipinski definition) is 3. The molecule has 7 aromatic carbocycles. The number of amides is 2. The van der Waals surface area contributed by atoms with Gasteiger partial charge in [-0.1, -0.05) is 133 Å². The van der Waals surface area contributed by atoms with Gasteiger partial charge in [-0.25, -0.2) is 9.59 Å². The molecule has 7 aromatic rings. The largest absolute Gasteiger partial charge is 0.481 e. The topological polar surface area (TPSA) is 114 Å². The Morgan fingerprint density at radius 2 is 0.903 bits per heavy atom. The maximum atomic E-state index is 13.6. The number of carbonyl (C=O) groups is 3. The zero-order valence-electron chi connectivity index (χ0n) is 34.0. The molecular weight excluding hydrogens is 773 g/mol. The monoisotopic (exact) mass is 814 g/mol. The first-order chi connectivity index (χ1) is 30.3. The molecule has 0 spiro atoms. The summed E-state index contributed by atoms with van der Waals surface area (Å²) < 4.78 is 11.9. The van der Waals surface area contributed by atoms with Gasteiger partial charge in [-0.2, -0.15) is 0 Å². The van der Waals surface area contributed by atoms with Crippen LogP contribution in [0.3, 0.4) is 0 Å². The number of nitrogens with one attached hydrogen (secondary N) is 2. The van der Waals surface area contributed by atoms with Crippen molar-refractivity contribution >= 4 is 29.5 Å². The molecule has 0 fully saturated rings. The molecular formula is C54H42N2O6. The summed E-state index contributed by atoms with van der Waals surface area (Å²) in [5.74, 6) is -1.22. The Morgan fingerprint density at radius 3 is 1.32 bits per heavy atom. The van der Waals surface area contributed by atoms with Crippen LogP contribution in [-0.4, -0.2) is 36.5 Å². The number of rotatable bonds is 9. The zero-order valence-corrected chi connectivity index (χ0v) is 34.0. The number of carbonyl (C=O) groups excluding carboxylic acids is 2. The van der Waals surface area contributed by atoms with E-state index < -0.39 is 23.6 Å². The number of anilines is 2. The number of ether oxygens (including phenoxy) is 2. The third-order valence-electron chi connectivity index (χ3n) is 13.5. The number of hydrogen-bond acceptors (Lipinski definition) is 5. The Hall–Kier alpha value is -7.45. The standard InChI is InChI=1S/C54H42N2O6/c1-31-18-21-42-47(26-31)54(25-24-50(57)58)48-27-32(55-52(59)61-29-45-38-14-6-2-10-34(38)35-11-3-7-15-39(35)45)19-22-43(48)51(42)44-23-20-33(28-49(44)54)56-53(60)62-30-46-40-16-8-4-12-36(40)37-13-5-9-17-41(37)46/h2-23,26-28,45-46,51H,24-25,29-30H2,1H3,(H,55,59)(H,56,60)(H,57,58). The SMILES string of the molecule is Cc1ccc2c(c1)C1(CCC(=O)O)c3cc(NC(=O)OCC4c5ccccc5-c5ccccc54)ccc3C2c2ccc(NC(=O)OCC3c4ccccc4-c4ccccc43)cc21. The van der Waals surface area contributed by atoms with Crippen LogP contribution in [0.1, 0.15) is 91.8 Å². The molecule has 304 valence electrons. The number of carboxylic acid groups (broad SMARTS) is 1. The minimum atomic E-state index is -0.912. The van der Waals surface area contributed by atoms with Gasteiger partial charge in [0.15, 0.2) is 0 Å². The Kier molecular flexibility index (Phi) is 8.86. The van der Waals surface area contributed by atoms with E-state index in [1.807, 2.05) is 91.9 Å². The van der Waals surface area contributed by atoms with E-state index >= 15 is 0 Å². The molecule has 2 bridgehead atoms. The maximum Gasteiger partial charge on any atom is 0.411 e. The highest BCUT2D eigenvalue weighted by Gasteiger charge is 2.52. The lowest BCUT2D eigenvalue weighted by Crippen LogP contribution is -2.43. The summed E-state index contributed by atoms with van der Waals surface area (Å²) in [6.07, 6.45) is -0.989. The first-order valence-corrected chi connectivity index (χ1v) is 21.1. The maximum absolute atomic E-state index is 13.6. The van der Waals surface area contributed by atoms with Crippen molar-refractivity contribution in [1.82, 2.24) is 0 Å². The number of aryl methyl sites for hydroxylation is 1. The molecule has 0 heterocycles. The third-order valence-corrected chi connectivity index (χ3v) is 13.5. The van der Waals surface area contributed by atoms with E-state index in [9.17, 15) is 19.5 Å². The normalized spacial score (nSPS) is 17.1. The minimum Gasteiger partial charge on any atom is -0.481 e. The van der Waals surface area contributed by atoms with Crippen LogP contribution < -0.4 is 10.6 Å². The lowest BCUT2D eigenvalue weighted by atomic mass is 9.51. The summed E-state index contributed by atoms with van der Waals surface area (Å²) in [6, 6.07) is 51.2. The summed E-state index contributed by atoms with van der Waals surface area (Å²) in [5, 5.41) is 16.2. The fourth-order valence-corrected chi connectivity index (χ4v) is 10.9. The van der Waals surface area contributed by atoms with Crippen molar-refractivity contribution in [1.29, 1.82) is 0 Å². The highest BCUT2D eigenvalue weighted by Crippen LogP contribution is 2.61.